The van der Waals surface area contributed by atoms with Gasteiger partial charge in [-0.2, -0.15) is 12.6 Å². The van der Waals surface area contributed by atoms with E-state index in [2.05, 4.69) is 12.6 Å². The molecule has 0 aliphatic rings. The van der Waals surface area contributed by atoms with Gasteiger partial charge in [0.25, 0.3) is 0 Å². The van der Waals surface area contributed by atoms with Crippen LogP contribution < -0.4 is 0 Å². The highest BCUT2D eigenvalue weighted by Gasteiger charge is 2.06. The first-order valence-corrected chi connectivity index (χ1v) is 3.74. The molecule has 0 saturated carbocycles. The van der Waals surface area contributed by atoms with Gasteiger partial charge in [0, 0.05) is 12.4 Å². The SMILES string of the molecule is CCOC(CS)N(C)C. The summed E-state index contributed by atoms with van der Waals surface area (Å²) in [7, 11) is 3.97. The van der Waals surface area contributed by atoms with Gasteiger partial charge in [-0.25, -0.2) is 0 Å². The van der Waals surface area contributed by atoms with Crippen LogP contribution in [0, 0.1) is 0 Å². The highest BCUT2D eigenvalue weighted by Crippen LogP contribution is 1.96. The number of nitrogens with zero attached hydrogens (tertiary/aromatic N) is 1. The quantitative estimate of drug-likeness (QED) is 0.470. The third-order valence-electron chi connectivity index (χ3n) is 1.09. The molecule has 0 spiro atoms. The van der Waals surface area contributed by atoms with E-state index < -0.39 is 0 Å². The largest absolute Gasteiger partial charge is 0.363 e. The smallest absolute Gasteiger partial charge is 0.118 e. The number of ether oxygens (including phenoxy) is 1. The van der Waals surface area contributed by atoms with Gasteiger partial charge in [-0.05, 0) is 21.0 Å². The molecule has 1 atom stereocenters. The lowest BCUT2D eigenvalue weighted by Gasteiger charge is -2.21. The zero-order valence-corrected chi connectivity index (χ0v) is 7.19. The van der Waals surface area contributed by atoms with Crippen molar-refractivity contribution in [2.45, 2.75) is 13.2 Å². The van der Waals surface area contributed by atoms with Crippen molar-refractivity contribution in [1.29, 1.82) is 0 Å². The minimum Gasteiger partial charge on any atom is -0.363 e. The molecule has 9 heavy (non-hydrogen) atoms. The van der Waals surface area contributed by atoms with Crippen LogP contribution in [0.25, 0.3) is 0 Å². The minimum absolute atomic E-state index is 0.165. The van der Waals surface area contributed by atoms with E-state index in [0.29, 0.717) is 0 Å². The lowest BCUT2D eigenvalue weighted by atomic mass is 10.6. The predicted molar refractivity (Wildman–Crippen MR) is 43.0 cm³/mol. The second-order valence-electron chi connectivity index (χ2n) is 2.06. The summed E-state index contributed by atoms with van der Waals surface area (Å²) in [6.45, 7) is 2.74. The summed E-state index contributed by atoms with van der Waals surface area (Å²) in [5, 5.41) is 0. The van der Waals surface area contributed by atoms with Gasteiger partial charge in [-0.1, -0.05) is 0 Å². The standard InChI is InChI=1S/C6H15NOS/c1-4-8-6(5-9)7(2)3/h6,9H,4-5H2,1-3H3. The predicted octanol–water partition coefficient (Wildman–Crippen LogP) is 0.840. The van der Waals surface area contributed by atoms with Crippen molar-refractivity contribution >= 4 is 12.6 Å². The summed E-state index contributed by atoms with van der Waals surface area (Å²) in [5.74, 6) is 0.751. The zero-order valence-electron chi connectivity index (χ0n) is 6.29. The summed E-state index contributed by atoms with van der Waals surface area (Å²) in [6, 6.07) is 0. The zero-order chi connectivity index (χ0) is 7.28. The van der Waals surface area contributed by atoms with Crippen LogP contribution in [-0.2, 0) is 4.74 Å². The van der Waals surface area contributed by atoms with Crippen molar-refractivity contribution in [3.8, 4) is 0 Å². The molecule has 0 N–H and O–H groups in total. The first-order valence-electron chi connectivity index (χ1n) is 3.11. The van der Waals surface area contributed by atoms with E-state index in [1.54, 1.807) is 0 Å². The van der Waals surface area contributed by atoms with Crippen LogP contribution in [-0.4, -0.2) is 37.6 Å². The molecule has 0 amide bonds. The van der Waals surface area contributed by atoms with E-state index in [0.717, 1.165) is 12.4 Å². The van der Waals surface area contributed by atoms with Crippen LogP contribution in [0.2, 0.25) is 0 Å². The van der Waals surface area contributed by atoms with Crippen LogP contribution in [0.5, 0.6) is 0 Å². The lowest BCUT2D eigenvalue weighted by molar-refractivity contribution is -0.0123. The van der Waals surface area contributed by atoms with Gasteiger partial charge in [0.2, 0.25) is 0 Å². The molecule has 0 aromatic carbocycles. The summed E-state index contributed by atoms with van der Waals surface area (Å²) in [5.41, 5.74) is 0. The van der Waals surface area contributed by atoms with Gasteiger partial charge in [-0.15, -0.1) is 0 Å². The van der Waals surface area contributed by atoms with Gasteiger partial charge in [0.1, 0.15) is 6.23 Å². The van der Waals surface area contributed by atoms with Gasteiger partial charge in [-0.3, -0.25) is 4.90 Å². The van der Waals surface area contributed by atoms with E-state index in [-0.39, 0.29) is 6.23 Å². The molecule has 0 bridgehead atoms. The minimum atomic E-state index is 0.165. The Hall–Kier alpha value is 0.270. The van der Waals surface area contributed by atoms with Crippen LogP contribution in [0.15, 0.2) is 0 Å². The molecule has 0 heterocycles. The second-order valence-corrected chi connectivity index (χ2v) is 2.42. The summed E-state index contributed by atoms with van der Waals surface area (Å²) >= 11 is 4.12. The van der Waals surface area contributed by atoms with Gasteiger partial charge < -0.3 is 4.74 Å². The summed E-state index contributed by atoms with van der Waals surface area (Å²) in [6.07, 6.45) is 0.165. The number of hydrogen-bond donors (Lipinski definition) is 1. The van der Waals surface area contributed by atoms with Crippen molar-refractivity contribution in [2.75, 3.05) is 26.5 Å². The fourth-order valence-electron chi connectivity index (χ4n) is 0.557. The highest BCUT2D eigenvalue weighted by atomic mass is 32.1. The van der Waals surface area contributed by atoms with Crippen LogP contribution in [0.4, 0.5) is 0 Å². The molecule has 0 rings (SSSR count). The Morgan fingerprint density at radius 3 is 2.22 bits per heavy atom. The Morgan fingerprint density at radius 2 is 2.11 bits per heavy atom. The maximum Gasteiger partial charge on any atom is 0.118 e. The van der Waals surface area contributed by atoms with E-state index in [1.807, 2.05) is 25.9 Å². The molecule has 0 aromatic rings. The Labute approximate surface area is 62.6 Å². The molecular formula is C6H15NOS. The van der Waals surface area contributed by atoms with Gasteiger partial charge >= 0.3 is 0 Å². The Kier molecular flexibility index (Phi) is 5.24. The lowest BCUT2D eigenvalue weighted by Crippen LogP contribution is -2.32. The highest BCUT2D eigenvalue weighted by molar-refractivity contribution is 7.80. The molecule has 2 nitrogen and oxygen atoms in total. The van der Waals surface area contributed by atoms with E-state index in [4.69, 9.17) is 4.74 Å². The second kappa shape index (κ2) is 5.09. The van der Waals surface area contributed by atoms with Gasteiger partial charge in [0.15, 0.2) is 0 Å². The molecular weight excluding hydrogens is 134 g/mol. The molecule has 0 aliphatic heterocycles. The van der Waals surface area contributed by atoms with Crippen LogP contribution in [0.1, 0.15) is 6.92 Å². The van der Waals surface area contributed by atoms with Crippen molar-refractivity contribution < 1.29 is 4.74 Å². The van der Waals surface area contributed by atoms with E-state index in [9.17, 15) is 0 Å². The van der Waals surface area contributed by atoms with Crippen LogP contribution in [0.3, 0.4) is 0 Å². The maximum atomic E-state index is 5.30. The summed E-state index contributed by atoms with van der Waals surface area (Å²) < 4.78 is 5.30. The average molecular weight is 149 g/mol. The Bertz CT molecular complexity index is 68.1. The number of thiol groups is 1. The molecule has 1 unspecified atom stereocenters. The van der Waals surface area contributed by atoms with Gasteiger partial charge in [0.05, 0.1) is 0 Å². The molecule has 56 valence electrons. The monoisotopic (exact) mass is 149 g/mol. The molecule has 0 saturated heterocycles. The maximum absolute atomic E-state index is 5.30. The molecule has 0 fully saturated rings. The Morgan fingerprint density at radius 1 is 1.56 bits per heavy atom. The average Bonchev–Trinajstić information content (AvgIpc) is 1.82. The first-order chi connectivity index (χ1) is 4.22. The third-order valence-corrected chi connectivity index (χ3v) is 1.40. The van der Waals surface area contributed by atoms with Crippen molar-refractivity contribution in [1.82, 2.24) is 4.90 Å². The van der Waals surface area contributed by atoms with E-state index in [1.165, 1.54) is 0 Å². The molecule has 0 radical (unpaired) electrons. The van der Waals surface area contributed by atoms with Crippen molar-refractivity contribution in [2.24, 2.45) is 0 Å². The Balaban J connectivity index is 3.41. The summed E-state index contributed by atoms with van der Waals surface area (Å²) in [4.78, 5) is 2.01. The normalized spacial score (nSPS) is 14.3. The fourth-order valence-corrected chi connectivity index (χ4v) is 0.989. The van der Waals surface area contributed by atoms with Crippen LogP contribution >= 0.6 is 12.6 Å². The third kappa shape index (κ3) is 3.78. The van der Waals surface area contributed by atoms with Crippen molar-refractivity contribution in [3.63, 3.8) is 0 Å². The number of hydrogen-bond acceptors (Lipinski definition) is 3. The van der Waals surface area contributed by atoms with E-state index >= 15 is 0 Å². The first kappa shape index (κ1) is 9.27. The topological polar surface area (TPSA) is 12.5 Å². The number of rotatable bonds is 4. The molecule has 0 aliphatic carbocycles. The molecule has 3 heteroatoms. The van der Waals surface area contributed by atoms with Crippen molar-refractivity contribution in [3.05, 3.63) is 0 Å². The molecule has 0 aromatic heterocycles. The fraction of sp³-hybridized carbons (Fsp3) is 1.00.